The lowest BCUT2D eigenvalue weighted by atomic mass is 9.93. The summed E-state index contributed by atoms with van der Waals surface area (Å²) in [5.74, 6) is -0.483. The van der Waals surface area contributed by atoms with E-state index in [0.717, 1.165) is 25.7 Å². The van der Waals surface area contributed by atoms with Crippen molar-refractivity contribution >= 4 is 11.9 Å². The first-order chi connectivity index (χ1) is 7.61. The lowest BCUT2D eigenvalue weighted by molar-refractivity contribution is -0.127. The maximum absolute atomic E-state index is 11.1. The number of ether oxygens (including phenoxy) is 1. The van der Waals surface area contributed by atoms with Crippen molar-refractivity contribution in [1.82, 2.24) is 10.6 Å². The van der Waals surface area contributed by atoms with E-state index < -0.39 is 11.9 Å². The van der Waals surface area contributed by atoms with Crippen molar-refractivity contribution in [2.24, 2.45) is 5.73 Å². The zero-order valence-electron chi connectivity index (χ0n) is 9.49. The number of imide groups is 1. The van der Waals surface area contributed by atoms with Crippen LogP contribution in [0.2, 0.25) is 0 Å². The van der Waals surface area contributed by atoms with E-state index in [9.17, 15) is 9.59 Å². The molecule has 0 unspecified atom stereocenters. The van der Waals surface area contributed by atoms with Gasteiger partial charge in [0.05, 0.1) is 6.10 Å². The van der Waals surface area contributed by atoms with Crippen molar-refractivity contribution in [1.29, 1.82) is 0 Å². The third-order valence-corrected chi connectivity index (χ3v) is 2.80. The lowest BCUT2D eigenvalue weighted by Crippen LogP contribution is -2.39. The van der Waals surface area contributed by atoms with Crippen molar-refractivity contribution in [3.05, 3.63) is 0 Å². The van der Waals surface area contributed by atoms with E-state index in [0.29, 0.717) is 6.04 Å². The Morgan fingerprint density at radius 3 is 2.44 bits per heavy atom. The van der Waals surface area contributed by atoms with Gasteiger partial charge in [-0.25, -0.2) is 4.79 Å². The van der Waals surface area contributed by atoms with Gasteiger partial charge in [0.1, 0.15) is 6.61 Å². The Hall–Kier alpha value is -1.14. The fraction of sp³-hybridized carbons (Fsp3) is 0.800. The maximum Gasteiger partial charge on any atom is 0.318 e. The standard InChI is InChI=1S/C10H19N3O3/c1-12-7-2-4-8(5-3-7)16-6-9(14)13-10(11)15/h7-8,12H,2-6H2,1H3,(H3,11,13,14,15). The number of rotatable bonds is 4. The van der Waals surface area contributed by atoms with Gasteiger partial charge in [0.15, 0.2) is 0 Å². The molecule has 0 aromatic rings. The molecule has 4 N–H and O–H groups in total. The van der Waals surface area contributed by atoms with E-state index in [-0.39, 0.29) is 12.7 Å². The van der Waals surface area contributed by atoms with Crippen LogP contribution < -0.4 is 16.4 Å². The molecule has 0 aromatic heterocycles. The van der Waals surface area contributed by atoms with Crippen molar-refractivity contribution in [3.63, 3.8) is 0 Å². The number of hydrogen-bond acceptors (Lipinski definition) is 4. The number of urea groups is 1. The first-order valence-electron chi connectivity index (χ1n) is 5.50. The van der Waals surface area contributed by atoms with Crippen LogP contribution in [0.25, 0.3) is 0 Å². The van der Waals surface area contributed by atoms with Crippen LogP contribution >= 0.6 is 0 Å². The summed E-state index contributed by atoms with van der Waals surface area (Å²) in [6.45, 7) is -0.0994. The predicted octanol–water partition coefficient (Wildman–Crippen LogP) is -0.271. The first-order valence-corrected chi connectivity index (χ1v) is 5.50. The Labute approximate surface area is 94.9 Å². The van der Waals surface area contributed by atoms with Crippen molar-refractivity contribution in [3.8, 4) is 0 Å². The van der Waals surface area contributed by atoms with Gasteiger partial charge in [-0.2, -0.15) is 0 Å². The summed E-state index contributed by atoms with van der Waals surface area (Å²) in [7, 11) is 1.95. The van der Waals surface area contributed by atoms with Gasteiger partial charge < -0.3 is 15.8 Å². The van der Waals surface area contributed by atoms with E-state index in [2.05, 4.69) is 5.32 Å². The molecular weight excluding hydrogens is 210 g/mol. The monoisotopic (exact) mass is 229 g/mol. The zero-order chi connectivity index (χ0) is 12.0. The van der Waals surface area contributed by atoms with Crippen molar-refractivity contribution in [2.75, 3.05) is 13.7 Å². The summed E-state index contributed by atoms with van der Waals surface area (Å²) in [5, 5.41) is 5.18. The number of nitrogens with one attached hydrogen (secondary N) is 2. The molecule has 1 saturated carbocycles. The molecule has 0 heterocycles. The molecule has 0 aromatic carbocycles. The largest absolute Gasteiger partial charge is 0.368 e. The molecule has 1 aliphatic rings. The maximum atomic E-state index is 11.1. The van der Waals surface area contributed by atoms with Gasteiger partial charge in [-0.3, -0.25) is 10.1 Å². The van der Waals surface area contributed by atoms with E-state index in [1.54, 1.807) is 0 Å². The van der Waals surface area contributed by atoms with Gasteiger partial charge in [0, 0.05) is 6.04 Å². The Bertz CT molecular complexity index is 250. The second-order valence-electron chi connectivity index (χ2n) is 3.99. The van der Waals surface area contributed by atoms with Crippen LogP contribution in [0.5, 0.6) is 0 Å². The normalized spacial score (nSPS) is 25.1. The molecule has 16 heavy (non-hydrogen) atoms. The molecule has 6 nitrogen and oxygen atoms in total. The number of carbonyl (C=O) groups excluding carboxylic acids is 2. The summed E-state index contributed by atoms with van der Waals surface area (Å²) >= 11 is 0. The zero-order valence-corrected chi connectivity index (χ0v) is 9.49. The predicted molar refractivity (Wildman–Crippen MR) is 58.8 cm³/mol. The minimum atomic E-state index is -0.840. The highest BCUT2D eigenvalue weighted by molar-refractivity contribution is 5.94. The van der Waals surface area contributed by atoms with Crippen LogP contribution in [0, 0.1) is 0 Å². The quantitative estimate of drug-likeness (QED) is 0.618. The summed E-state index contributed by atoms with van der Waals surface area (Å²) in [5.41, 5.74) is 4.80. The van der Waals surface area contributed by atoms with Crippen LogP contribution in [0.3, 0.4) is 0 Å². The molecular formula is C10H19N3O3. The molecule has 0 bridgehead atoms. The van der Waals surface area contributed by atoms with Gasteiger partial charge >= 0.3 is 6.03 Å². The molecule has 0 spiro atoms. The minimum absolute atomic E-state index is 0.0994. The fourth-order valence-electron chi connectivity index (χ4n) is 1.89. The molecule has 92 valence electrons. The van der Waals surface area contributed by atoms with E-state index in [1.165, 1.54) is 0 Å². The molecule has 6 heteroatoms. The Balaban J connectivity index is 2.14. The first kappa shape index (κ1) is 12.9. The van der Waals surface area contributed by atoms with Gasteiger partial charge in [-0.1, -0.05) is 0 Å². The number of primary amides is 1. The van der Waals surface area contributed by atoms with Crippen molar-refractivity contribution in [2.45, 2.75) is 37.8 Å². The number of amides is 3. The molecule has 0 saturated heterocycles. The third kappa shape index (κ3) is 4.59. The Kier molecular flexibility index (Phi) is 5.21. The fourth-order valence-corrected chi connectivity index (χ4v) is 1.89. The van der Waals surface area contributed by atoms with Gasteiger partial charge in [-0.15, -0.1) is 0 Å². The third-order valence-electron chi connectivity index (χ3n) is 2.80. The van der Waals surface area contributed by atoms with Crippen LogP contribution in [0.4, 0.5) is 4.79 Å². The van der Waals surface area contributed by atoms with Crippen LogP contribution in [-0.2, 0) is 9.53 Å². The smallest absolute Gasteiger partial charge is 0.318 e. The highest BCUT2D eigenvalue weighted by atomic mass is 16.5. The van der Waals surface area contributed by atoms with Crippen molar-refractivity contribution < 1.29 is 14.3 Å². The second kappa shape index (κ2) is 6.44. The Morgan fingerprint density at radius 1 is 1.31 bits per heavy atom. The SMILES string of the molecule is CNC1CCC(OCC(=O)NC(N)=O)CC1. The number of nitrogens with two attached hydrogens (primary N) is 1. The highest BCUT2D eigenvalue weighted by Crippen LogP contribution is 2.20. The average molecular weight is 229 g/mol. The topological polar surface area (TPSA) is 93.4 Å². The van der Waals surface area contributed by atoms with Crippen LogP contribution in [-0.4, -0.2) is 37.7 Å². The Morgan fingerprint density at radius 2 is 1.94 bits per heavy atom. The van der Waals surface area contributed by atoms with Crippen LogP contribution in [0.1, 0.15) is 25.7 Å². The van der Waals surface area contributed by atoms with Gasteiger partial charge in [0.2, 0.25) is 0 Å². The molecule has 0 radical (unpaired) electrons. The summed E-state index contributed by atoms with van der Waals surface area (Å²) in [4.78, 5) is 21.4. The van der Waals surface area contributed by atoms with E-state index in [4.69, 9.17) is 10.5 Å². The minimum Gasteiger partial charge on any atom is -0.368 e. The summed E-state index contributed by atoms with van der Waals surface area (Å²) < 4.78 is 5.39. The van der Waals surface area contributed by atoms with Gasteiger partial charge in [0.25, 0.3) is 5.91 Å². The van der Waals surface area contributed by atoms with Gasteiger partial charge in [-0.05, 0) is 32.7 Å². The van der Waals surface area contributed by atoms with E-state index >= 15 is 0 Å². The molecule has 1 aliphatic carbocycles. The molecule has 0 aliphatic heterocycles. The van der Waals surface area contributed by atoms with E-state index in [1.807, 2.05) is 12.4 Å². The molecule has 1 fully saturated rings. The lowest BCUT2D eigenvalue weighted by Gasteiger charge is -2.27. The average Bonchev–Trinajstić information content (AvgIpc) is 2.26. The highest BCUT2D eigenvalue weighted by Gasteiger charge is 2.21. The number of hydrogen-bond donors (Lipinski definition) is 3. The summed E-state index contributed by atoms with van der Waals surface area (Å²) in [6.07, 6.45) is 4.10. The second-order valence-corrected chi connectivity index (χ2v) is 3.99. The molecule has 0 atom stereocenters. The number of carbonyl (C=O) groups is 2. The van der Waals surface area contributed by atoms with Crippen LogP contribution in [0.15, 0.2) is 0 Å². The molecule has 1 rings (SSSR count). The summed E-state index contributed by atoms with van der Waals surface area (Å²) in [6, 6.07) is -0.285. The molecule has 3 amide bonds.